The fraction of sp³-hybridized carbons (Fsp3) is 0.381. The third kappa shape index (κ3) is 3.68. The van der Waals surface area contributed by atoms with Crippen LogP contribution < -0.4 is 14.8 Å². The molecular formula is C21H26NO4+. The highest BCUT2D eigenvalue weighted by molar-refractivity contribution is 5.89. The third-order valence-electron chi connectivity index (χ3n) is 4.62. The van der Waals surface area contributed by atoms with Crippen LogP contribution in [0.2, 0.25) is 0 Å². The average Bonchev–Trinajstić information content (AvgIpc) is 2.68. The predicted octanol–water partition coefficient (Wildman–Crippen LogP) is 2.48. The molecule has 138 valence electrons. The molecule has 0 unspecified atom stereocenters. The number of nitrogens with two attached hydrogens (primary N) is 1. The minimum absolute atomic E-state index is 0.123. The molecule has 0 amide bonds. The Labute approximate surface area is 154 Å². The Morgan fingerprint density at radius 2 is 1.85 bits per heavy atom. The summed E-state index contributed by atoms with van der Waals surface area (Å²) in [6, 6.07) is 12.0. The number of quaternary nitrogens is 1. The number of rotatable bonds is 6. The van der Waals surface area contributed by atoms with E-state index in [9.17, 15) is 4.79 Å². The quantitative estimate of drug-likeness (QED) is 0.808. The molecule has 2 aromatic carbocycles. The van der Waals surface area contributed by atoms with Crippen LogP contribution in [0, 0.1) is 0 Å². The van der Waals surface area contributed by atoms with Crippen LogP contribution in [0.4, 0.5) is 0 Å². The largest absolute Gasteiger partial charge is 0.490 e. The van der Waals surface area contributed by atoms with E-state index in [1.54, 1.807) is 6.07 Å². The first kappa shape index (κ1) is 18.3. The van der Waals surface area contributed by atoms with Crippen LogP contribution in [0.3, 0.4) is 0 Å². The van der Waals surface area contributed by atoms with E-state index in [1.165, 1.54) is 18.2 Å². The van der Waals surface area contributed by atoms with Gasteiger partial charge >= 0.3 is 5.97 Å². The van der Waals surface area contributed by atoms with Crippen molar-refractivity contribution < 1.29 is 24.3 Å². The van der Waals surface area contributed by atoms with Crippen LogP contribution in [0.25, 0.3) is 0 Å². The lowest BCUT2D eigenvalue weighted by atomic mass is 9.89. The lowest BCUT2D eigenvalue weighted by Gasteiger charge is -2.26. The topological polar surface area (TPSA) is 61.4 Å². The number of benzene rings is 2. The van der Waals surface area contributed by atoms with Crippen LogP contribution in [-0.4, -0.2) is 32.8 Å². The number of fused-ring (bicyclic) bond motifs is 1. The first-order valence-corrected chi connectivity index (χ1v) is 9.11. The first-order chi connectivity index (χ1) is 12.7. The summed E-state index contributed by atoms with van der Waals surface area (Å²) in [4.78, 5) is 11.9. The van der Waals surface area contributed by atoms with Gasteiger partial charge in [-0.1, -0.05) is 12.1 Å². The Morgan fingerprint density at radius 1 is 1.12 bits per heavy atom. The minimum atomic E-state index is -0.315. The third-order valence-corrected chi connectivity index (χ3v) is 4.62. The van der Waals surface area contributed by atoms with Gasteiger partial charge in [-0.05, 0) is 43.7 Å². The fourth-order valence-corrected chi connectivity index (χ4v) is 3.49. The predicted molar refractivity (Wildman–Crippen MR) is 98.9 cm³/mol. The number of methoxy groups -OCH3 is 1. The van der Waals surface area contributed by atoms with Crippen molar-refractivity contribution in [2.24, 2.45) is 0 Å². The number of ether oxygens (including phenoxy) is 3. The van der Waals surface area contributed by atoms with Crippen LogP contribution in [0.15, 0.2) is 36.4 Å². The van der Waals surface area contributed by atoms with Crippen molar-refractivity contribution in [3.63, 3.8) is 0 Å². The number of esters is 1. The van der Waals surface area contributed by atoms with Crippen molar-refractivity contribution in [2.75, 3.05) is 26.9 Å². The van der Waals surface area contributed by atoms with Crippen LogP contribution in [0.5, 0.6) is 11.5 Å². The van der Waals surface area contributed by atoms with Gasteiger partial charge in [-0.2, -0.15) is 0 Å². The summed E-state index contributed by atoms with van der Waals surface area (Å²) in [5, 5.41) is 2.30. The van der Waals surface area contributed by atoms with Crippen molar-refractivity contribution in [3.8, 4) is 11.5 Å². The molecule has 2 N–H and O–H groups in total. The Bertz CT molecular complexity index is 788. The highest BCUT2D eigenvalue weighted by atomic mass is 16.5. The molecule has 1 atom stereocenters. The lowest BCUT2D eigenvalue weighted by molar-refractivity contribution is -0.690. The summed E-state index contributed by atoms with van der Waals surface area (Å²) in [5.74, 6) is 1.26. The zero-order valence-corrected chi connectivity index (χ0v) is 15.6. The van der Waals surface area contributed by atoms with E-state index >= 15 is 0 Å². The van der Waals surface area contributed by atoms with Gasteiger partial charge in [0.25, 0.3) is 0 Å². The molecule has 3 rings (SSSR count). The molecule has 0 saturated carbocycles. The standard InChI is InChI=1S/C21H25NO4/c1-4-25-18-12-14-9-10-22-20(17(14)13-19(18)26-5-2)15-7-6-8-16(11-15)21(23)24-3/h6-8,11-13,20,22H,4-5,9-10H2,1-3H3/p+1/t20-/m0/s1. The van der Waals surface area contributed by atoms with Gasteiger partial charge in [0.2, 0.25) is 0 Å². The number of hydrogen-bond acceptors (Lipinski definition) is 4. The number of hydrogen-bond donors (Lipinski definition) is 1. The smallest absolute Gasteiger partial charge is 0.337 e. The molecule has 0 fully saturated rings. The van der Waals surface area contributed by atoms with E-state index in [-0.39, 0.29) is 12.0 Å². The zero-order chi connectivity index (χ0) is 18.5. The highest BCUT2D eigenvalue weighted by Crippen LogP contribution is 2.36. The minimum Gasteiger partial charge on any atom is -0.490 e. The average molecular weight is 356 g/mol. The van der Waals surface area contributed by atoms with E-state index in [1.807, 2.05) is 26.0 Å². The fourth-order valence-electron chi connectivity index (χ4n) is 3.49. The summed E-state index contributed by atoms with van der Waals surface area (Å²) in [6.45, 7) is 6.13. The monoisotopic (exact) mass is 356 g/mol. The van der Waals surface area contributed by atoms with Gasteiger partial charge < -0.3 is 19.5 Å². The molecule has 2 aromatic rings. The van der Waals surface area contributed by atoms with E-state index in [0.29, 0.717) is 18.8 Å². The summed E-state index contributed by atoms with van der Waals surface area (Å²) in [5.41, 5.74) is 4.14. The zero-order valence-electron chi connectivity index (χ0n) is 15.6. The van der Waals surface area contributed by atoms with E-state index in [0.717, 1.165) is 30.0 Å². The molecule has 0 saturated heterocycles. The van der Waals surface area contributed by atoms with Crippen molar-refractivity contribution in [1.82, 2.24) is 0 Å². The second-order valence-electron chi connectivity index (χ2n) is 6.23. The van der Waals surface area contributed by atoms with E-state index in [4.69, 9.17) is 14.2 Å². The summed E-state index contributed by atoms with van der Waals surface area (Å²) in [7, 11) is 1.40. The molecule has 1 heterocycles. The highest BCUT2D eigenvalue weighted by Gasteiger charge is 2.28. The van der Waals surface area contributed by atoms with Crippen LogP contribution in [-0.2, 0) is 11.2 Å². The summed E-state index contributed by atoms with van der Waals surface area (Å²) >= 11 is 0. The van der Waals surface area contributed by atoms with Gasteiger partial charge in [0.05, 0.1) is 32.4 Å². The molecule has 0 bridgehead atoms. The van der Waals surface area contributed by atoms with Gasteiger partial charge in [-0.25, -0.2) is 4.79 Å². The van der Waals surface area contributed by atoms with Crippen molar-refractivity contribution in [1.29, 1.82) is 0 Å². The van der Waals surface area contributed by atoms with E-state index < -0.39 is 0 Å². The molecular weight excluding hydrogens is 330 g/mol. The SMILES string of the molecule is CCOc1cc2c(cc1OCC)[C@H](c1cccc(C(=O)OC)c1)[NH2+]CC2. The molecule has 26 heavy (non-hydrogen) atoms. The number of carbonyl (C=O) groups excluding carboxylic acids is 1. The van der Waals surface area contributed by atoms with Crippen LogP contribution >= 0.6 is 0 Å². The first-order valence-electron chi connectivity index (χ1n) is 9.11. The molecule has 1 aliphatic heterocycles. The molecule has 0 spiro atoms. The van der Waals surface area contributed by atoms with Gasteiger partial charge in [-0.3, -0.25) is 0 Å². The maximum Gasteiger partial charge on any atom is 0.337 e. The molecule has 0 aromatic heterocycles. The Kier molecular flexibility index (Phi) is 5.78. The van der Waals surface area contributed by atoms with Crippen molar-refractivity contribution >= 4 is 5.97 Å². The summed E-state index contributed by atoms with van der Waals surface area (Å²) in [6.07, 6.45) is 0.981. The van der Waals surface area contributed by atoms with Crippen molar-refractivity contribution in [2.45, 2.75) is 26.3 Å². The van der Waals surface area contributed by atoms with Gasteiger partial charge in [0.1, 0.15) is 6.04 Å². The molecule has 0 aliphatic carbocycles. The molecule has 5 heteroatoms. The normalized spacial score (nSPS) is 15.9. The van der Waals surface area contributed by atoms with E-state index in [2.05, 4.69) is 23.5 Å². The Morgan fingerprint density at radius 3 is 2.54 bits per heavy atom. The molecule has 5 nitrogen and oxygen atoms in total. The second kappa shape index (κ2) is 8.23. The molecule has 0 radical (unpaired) electrons. The lowest BCUT2D eigenvalue weighted by Crippen LogP contribution is -2.87. The molecule has 1 aliphatic rings. The maximum atomic E-state index is 11.9. The van der Waals surface area contributed by atoms with Crippen molar-refractivity contribution in [3.05, 3.63) is 58.7 Å². The Hall–Kier alpha value is -2.53. The summed E-state index contributed by atoms with van der Waals surface area (Å²) < 4.78 is 16.4. The van der Waals surface area contributed by atoms with Gasteiger partial charge in [0, 0.05) is 17.5 Å². The Balaban J connectivity index is 2.03. The second-order valence-corrected chi connectivity index (χ2v) is 6.23. The number of carbonyl (C=O) groups is 1. The van der Waals surface area contributed by atoms with Gasteiger partial charge in [0.15, 0.2) is 11.5 Å². The van der Waals surface area contributed by atoms with Gasteiger partial charge in [-0.15, -0.1) is 0 Å². The van der Waals surface area contributed by atoms with Crippen LogP contribution in [0.1, 0.15) is 46.9 Å². The maximum absolute atomic E-state index is 11.9.